The summed E-state index contributed by atoms with van der Waals surface area (Å²) in [5.41, 5.74) is 2.96. The van der Waals surface area contributed by atoms with Crippen LogP contribution in [0.1, 0.15) is 11.3 Å². The molecule has 5 nitrogen and oxygen atoms in total. The van der Waals surface area contributed by atoms with Crippen LogP contribution in [-0.4, -0.2) is 22.6 Å². The van der Waals surface area contributed by atoms with Gasteiger partial charge in [0.25, 0.3) is 0 Å². The zero-order valence-electron chi connectivity index (χ0n) is 15.4. The van der Waals surface area contributed by atoms with Crippen molar-refractivity contribution in [3.63, 3.8) is 0 Å². The number of anilines is 2. The van der Waals surface area contributed by atoms with E-state index in [1.54, 1.807) is 0 Å². The molecule has 1 heterocycles. The van der Waals surface area contributed by atoms with E-state index in [1.165, 1.54) is 47.4 Å². The summed E-state index contributed by atoms with van der Waals surface area (Å²) in [5, 5.41) is 7.37. The maximum Gasteiger partial charge on any atom is 0.234 e. The fourth-order valence-electron chi connectivity index (χ4n) is 2.39. The van der Waals surface area contributed by atoms with E-state index in [4.69, 9.17) is 0 Å². The molecular formula is C20H17BrFN3O2S2. The lowest BCUT2D eigenvalue weighted by Crippen LogP contribution is -2.15. The van der Waals surface area contributed by atoms with Crippen LogP contribution in [0.2, 0.25) is 0 Å². The molecule has 0 aliphatic rings. The lowest BCUT2D eigenvalue weighted by Gasteiger charge is -2.06. The first kappa shape index (κ1) is 21.5. The van der Waals surface area contributed by atoms with Gasteiger partial charge >= 0.3 is 0 Å². The number of nitrogens with zero attached hydrogens (tertiary/aromatic N) is 1. The lowest BCUT2D eigenvalue weighted by molar-refractivity contribution is -0.116. The number of benzene rings is 2. The van der Waals surface area contributed by atoms with Crippen molar-refractivity contribution in [2.75, 3.05) is 16.4 Å². The average molecular weight is 494 g/mol. The normalized spacial score (nSPS) is 10.6. The minimum absolute atomic E-state index is 0.150. The van der Waals surface area contributed by atoms with E-state index in [9.17, 15) is 14.0 Å². The zero-order valence-corrected chi connectivity index (χ0v) is 18.6. The molecule has 0 bridgehead atoms. The Morgan fingerprint density at radius 1 is 1.10 bits per heavy atom. The first-order valence-electron chi connectivity index (χ1n) is 8.57. The van der Waals surface area contributed by atoms with Gasteiger partial charge in [-0.05, 0) is 55.0 Å². The van der Waals surface area contributed by atoms with Crippen molar-refractivity contribution in [2.24, 2.45) is 0 Å². The van der Waals surface area contributed by atoms with Crippen molar-refractivity contribution in [1.82, 2.24) is 4.98 Å². The number of amides is 2. The van der Waals surface area contributed by atoms with Gasteiger partial charge in [0.15, 0.2) is 4.34 Å². The molecule has 0 fully saturated rings. The van der Waals surface area contributed by atoms with Crippen LogP contribution in [0.25, 0.3) is 0 Å². The number of nitrogens with one attached hydrogen (secondary N) is 2. The predicted octanol–water partition coefficient (Wildman–Crippen LogP) is 5.27. The Kier molecular flexibility index (Phi) is 7.40. The molecule has 3 rings (SSSR count). The van der Waals surface area contributed by atoms with Crippen molar-refractivity contribution < 1.29 is 14.0 Å². The highest BCUT2D eigenvalue weighted by Crippen LogP contribution is 2.24. The third kappa shape index (κ3) is 6.66. The van der Waals surface area contributed by atoms with Gasteiger partial charge in [-0.2, -0.15) is 0 Å². The van der Waals surface area contributed by atoms with Crippen LogP contribution in [0.3, 0.4) is 0 Å². The van der Waals surface area contributed by atoms with Crippen molar-refractivity contribution in [2.45, 2.75) is 17.7 Å². The number of aryl methyl sites for hydroxylation is 1. The summed E-state index contributed by atoms with van der Waals surface area (Å²) in [7, 11) is 0. The van der Waals surface area contributed by atoms with E-state index in [-0.39, 0.29) is 29.8 Å². The Morgan fingerprint density at radius 2 is 1.79 bits per heavy atom. The number of thioether (sulfide) groups is 1. The highest BCUT2D eigenvalue weighted by atomic mass is 79.9. The van der Waals surface area contributed by atoms with Gasteiger partial charge in [-0.3, -0.25) is 9.59 Å². The monoisotopic (exact) mass is 493 g/mol. The first-order valence-corrected chi connectivity index (χ1v) is 11.2. The number of hydrogen-bond acceptors (Lipinski definition) is 5. The minimum atomic E-state index is -0.355. The third-order valence-corrected chi connectivity index (χ3v) is 6.73. The molecule has 0 aliphatic carbocycles. The molecule has 0 atom stereocenters. The van der Waals surface area contributed by atoms with Crippen LogP contribution in [-0.2, 0) is 16.0 Å². The van der Waals surface area contributed by atoms with E-state index in [2.05, 4.69) is 31.5 Å². The number of hydrogen-bond donors (Lipinski definition) is 2. The Morgan fingerprint density at radius 3 is 2.52 bits per heavy atom. The van der Waals surface area contributed by atoms with E-state index >= 15 is 0 Å². The molecule has 150 valence electrons. The predicted molar refractivity (Wildman–Crippen MR) is 119 cm³/mol. The van der Waals surface area contributed by atoms with Gasteiger partial charge in [0.1, 0.15) is 5.82 Å². The van der Waals surface area contributed by atoms with E-state index in [0.29, 0.717) is 15.7 Å². The quantitative estimate of drug-likeness (QED) is 0.440. The minimum Gasteiger partial charge on any atom is -0.326 e. The average Bonchev–Trinajstić information content (AvgIpc) is 3.12. The highest BCUT2D eigenvalue weighted by molar-refractivity contribution is 9.10. The molecule has 0 radical (unpaired) electrons. The molecular weight excluding hydrogens is 477 g/mol. The van der Waals surface area contributed by atoms with Gasteiger partial charge in [-0.15, -0.1) is 11.3 Å². The van der Waals surface area contributed by atoms with Crippen molar-refractivity contribution in [3.8, 4) is 0 Å². The van der Waals surface area contributed by atoms with Gasteiger partial charge in [0.2, 0.25) is 11.8 Å². The van der Waals surface area contributed by atoms with Crippen LogP contribution >= 0.6 is 39.0 Å². The number of halogens is 2. The van der Waals surface area contributed by atoms with Crippen LogP contribution in [0.4, 0.5) is 15.8 Å². The fraction of sp³-hybridized carbons (Fsp3) is 0.150. The molecule has 29 heavy (non-hydrogen) atoms. The van der Waals surface area contributed by atoms with Crippen LogP contribution in [0, 0.1) is 12.7 Å². The van der Waals surface area contributed by atoms with Gasteiger partial charge in [0.05, 0.1) is 17.9 Å². The number of carbonyl (C=O) groups is 2. The molecule has 3 aromatic rings. The molecule has 1 aromatic heterocycles. The molecule has 0 saturated heterocycles. The van der Waals surface area contributed by atoms with E-state index < -0.39 is 0 Å². The smallest absolute Gasteiger partial charge is 0.234 e. The van der Waals surface area contributed by atoms with Gasteiger partial charge in [-0.25, -0.2) is 9.37 Å². The molecule has 0 spiro atoms. The summed E-state index contributed by atoms with van der Waals surface area (Å²) in [4.78, 5) is 28.6. The summed E-state index contributed by atoms with van der Waals surface area (Å²) in [5.74, 6) is -0.536. The molecule has 0 unspecified atom stereocenters. The van der Waals surface area contributed by atoms with Crippen LogP contribution in [0.5, 0.6) is 0 Å². The second-order valence-corrected chi connectivity index (χ2v) is 9.07. The Bertz CT molecular complexity index is 1020. The summed E-state index contributed by atoms with van der Waals surface area (Å²) in [6, 6.07) is 11.2. The standard InChI is InChI=1S/C20H17BrFN3O2S2/c1-12-8-15(6-7-17(12)21)24-18(26)9-16-10-28-20(25-16)29-11-19(27)23-14-4-2-13(22)3-5-14/h2-8,10H,9,11H2,1H3,(H,23,27)(H,24,26). The zero-order chi connectivity index (χ0) is 20.8. The second kappa shape index (κ2) is 10.00. The Hall–Kier alpha value is -2.23. The molecule has 0 saturated carbocycles. The van der Waals surface area contributed by atoms with Crippen molar-refractivity contribution in [1.29, 1.82) is 0 Å². The van der Waals surface area contributed by atoms with Crippen molar-refractivity contribution in [3.05, 3.63) is 69.4 Å². The SMILES string of the molecule is Cc1cc(NC(=O)Cc2csc(SCC(=O)Nc3ccc(F)cc3)n2)ccc1Br. The molecule has 2 amide bonds. The lowest BCUT2D eigenvalue weighted by atomic mass is 10.2. The highest BCUT2D eigenvalue weighted by Gasteiger charge is 2.11. The topological polar surface area (TPSA) is 71.1 Å². The molecule has 2 N–H and O–H groups in total. The number of carbonyl (C=O) groups excluding carboxylic acids is 2. The number of aromatic nitrogens is 1. The third-order valence-electron chi connectivity index (χ3n) is 3.77. The van der Waals surface area contributed by atoms with Gasteiger partial charge in [-0.1, -0.05) is 27.7 Å². The summed E-state index contributed by atoms with van der Waals surface area (Å²) < 4.78 is 14.6. The van der Waals surface area contributed by atoms with Crippen LogP contribution < -0.4 is 10.6 Å². The largest absolute Gasteiger partial charge is 0.326 e. The Labute approximate surface area is 184 Å². The summed E-state index contributed by atoms with van der Waals surface area (Å²) in [6.45, 7) is 1.95. The summed E-state index contributed by atoms with van der Waals surface area (Å²) >= 11 is 6.11. The Balaban J connectivity index is 1.47. The summed E-state index contributed by atoms with van der Waals surface area (Å²) in [6.07, 6.45) is 0.161. The maximum atomic E-state index is 12.9. The maximum absolute atomic E-state index is 12.9. The number of rotatable bonds is 7. The van der Waals surface area contributed by atoms with Crippen molar-refractivity contribution >= 4 is 62.2 Å². The van der Waals surface area contributed by atoms with E-state index in [1.807, 2.05) is 30.5 Å². The molecule has 2 aromatic carbocycles. The first-order chi connectivity index (χ1) is 13.9. The number of thiazole rings is 1. The van der Waals surface area contributed by atoms with E-state index in [0.717, 1.165) is 15.7 Å². The molecule has 9 heteroatoms. The molecule has 0 aliphatic heterocycles. The second-order valence-electron chi connectivity index (χ2n) is 6.14. The van der Waals surface area contributed by atoms with Gasteiger partial charge < -0.3 is 10.6 Å². The van der Waals surface area contributed by atoms with Crippen LogP contribution in [0.15, 0.2) is 56.7 Å². The fourth-order valence-corrected chi connectivity index (χ4v) is 4.28. The van der Waals surface area contributed by atoms with Gasteiger partial charge in [0, 0.05) is 21.2 Å².